The molecule has 1 atom stereocenters. The number of nitrogens with one attached hydrogen (secondary N) is 1. The summed E-state index contributed by atoms with van der Waals surface area (Å²) >= 11 is 0. The van der Waals surface area contributed by atoms with Gasteiger partial charge in [0, 0.05) is 19.1 Å². The minimum atomic E-state index is 0.672. The molecule has 1 aliphatic heterocycles. The lowest BCUT2D eigenvalue weighted by Crippen LogP contribution is -2.43. The number of rotatable bonds is 8. The molecule has 2 rings (SSSR count). The Balaban J connectivity index is 1.82. The molecule has 118 valence electrons. The Labute approximate surface area is 129 Å². The molecule has 1 saturated heterocycles. The maximum Gasteiger partial charge on any atom is 0.119 e. The molecule has 1 aromatic carbocycles. The molecule has 3 heteroatoms. The van der Waals surface area contributed by atoms with E-state index in [-0.39, 0.29) is 0 Å². The average molecular weight is 290 g/mol. The molecule has 0 aliphatic carbocycles. The zero-order valence-corrected chi connectivity index (χ0v) is 13.6. The Morgan fingerprint density at radius 2 is 2.00 bits per heavy atom. The lowest BCUT2D eigenvalue weighted by Gasteiger charge is -2.30. The van der Waals surface area contributed by atoms with E-state index < -0.39 is 0 Å². The van der Waals surface area contributed by atoms with E-state index in [9.17, 15) is 0 Å². The van der Waals surface area contributed by atoms with Gasteiger partial charge in [-0.3, -0.25) is 4.90 Å². The lowest BCUT2D eigenvalue weighted by molar-refractivity contribution is 0.226. The normalized spacial score (nSPS) is 18.9. The quantitative estimate of drug-likeness (QED) is 0.794. The zero-order valence-electron chi connectivity index (χ0n) is 13.6. The van der Waals surface area contributed by atoms with Crippen molar-refractivity contribution in [1.82, 2.24) is 10.2 Å². The molecule has 0 saturated carbocycles. The van der Waals surface area contributed by atoms with E-state index in [1.54, 1.807) is 0 Å². The third-order valence-corrected chi connectivity index (χ3v) is 4.14. The maximum atomic E-state index is 5.64. The molecule has 1 N–H and O–H groups in total. The van der Waals surface area contributed by atoms with Crippen LogP contribution in [0.4, 0.5) is 0 Å². The molecule has 1 aliphatic rings. The number of hydrogen-bond acceptors (Lipinski definition) is 3. The first-order valence-electron chi connectivity index (χ1n) is 8.49. The van der Waals surface area contributed by atoms with Crippen molar-refractivity contribution >= 4 is 0 Å². The number of benzene rings is 1. The largest absolute Gasteiger partial charge is 0.494 e. The predicted octanol–water partition coefficient (Wildman–Crippen LogP) is 3.44. The monoisotopic (exact) mass is 290 g/mol. The second kappa shape index (κ2) is 9.06. The number of likely N-dealkylation sites (N-methyl/N-ethyl adjacent to an activating group) is 1. The third kappa shape index (κ3) is 5.68. The summed E-state index contributed by atoms with van der Waals surface area (Å²) in [6, 6.07) is 9.25. The van der Waals surface area contributed by atoms with Crippen LogP contribution in [0.3, 0.4) is 0 Å². The van der Waals surface area contributed by atoms with Gasteiger partial charge in [0.25, 0.3) is 0 Å². The first-order chi connectivity index (χ1) is 10.3. The first-order valence-corrected chi connectivity index (χ1v) is 8.49. The van der Waals surface area contributed by atoms with Gasteiger partial charge in [-0.25, -0.2) is 0 Å². The van der Waals surface area contributed by atoms with Gasteiger partial charge in [0.1, 0.15) is 5.75 Å². The summed E-state index contributed by atoms with van der Waals surface area (Å²) in [6.07, 6.45) is 5.08. The van der Waals surface area contributed by atoms with E-state index >= 15 is 0 Å². The van der Waals surface area contributed by atoms with Gasteiger partial charge in [-0.15, -0.1) is 0 Å². The molecule has 0 bridgehead atoms. The van der Waals surface area contributed by atoms with Gasteiger partial charge in [0.15, 0.2) is 0 Å². The zero-order chi connectivity index (χ0) is 14.9. The van der Waals surface area contributed by atoms with E-state index in [4.69, 9.17) is 4.74 Å². The Kier molecular flexibility index (Phi) is 7.04. The highest BCUT2D eigenvalue weighted by Crippen LogP contribution is 2.15. The van der Waals surface area contributed by atoms with Gasteiger partial charge in [0.05, 0.1) is 6.61 Å². The predicted molar refractivity (Wildman–Crippen MR) is 88.8 cm³/mol. The van der Waals surface area contributed by atoms with E-state index in [1.807, 2.05) is 0 Å². The smallest absolute Gasteiger partial charge is 0.119 e. The molecule has 3 nitrogen and oxygen atoms in total. The fourth-order valence-electron chi connectivity index (χ4n) is 2.87. The fourth-order valence-corrected chi connectivity index (χ4v) is 2.87. The summed E-state index contributed by atoms with van der Waals surface area (Å²) in [5.41, 5.74) is 1.37. The molecular formula is C18H30N2O. The van der Waals surface area contributed by atoms with Crippen LogP contribution in [-0.4, -0.2) is 37.2 Å². The topological polar surface area (TPSA) is 24.5 Å². The van der Waals surface area contributed by atoms with Crippen molar-refractivity contribution in [2.75, 3.05) is 26.2 Å². The van der Waals surface area contributed by atoms with Crippen LogP contribution >= 0.6 is 0 Å². The van der Waals surface area contributed by atoms with E-state index in [0.29, 0.717) is 6.04 Å². The van der Waals surface area contributed by atoms with Crippen LogP contribution in [0, 0.1) is 0 Å². The van der Waals surface area contributed by atoms with Gasteiger partial charge in [-0.05, 0) is 50.0 Å². The summed E-state index contributed by atoms with van der Waals surface area (Å²) < 4.78 is 5.64. The molecule has 1 fully saturated rings. The van der Waals surface area contributed by atoms with E-state index in [1.165, 1.54) is 31.4 Å². The summed E-state index contributed by atoms with van der Waals surface area (Å²) in [5.74, 6) is 0.984. The highest BCUT2D eigenvalue weighted by Gasteiger charge is 2.15. The Morgan fingerprint density at radius 1 is 1.19 bits per heavy atom. The van der Waals surface area contributed by atoms with Crippen LogP contribution in [0.1, 0.15) is 45.1 Å². The number of ether oxygens (including phenoxy) is 1. The van der Waals surface area contributed by atoms with Crippen molar-refractivity contribution < 1.29 is 4.74 Å². The Bertz CT molecular complexity index is 385. The summed E-state index contributed by atoms with van der Waals surface area (Å²) in [5, 5.41) is 3.64. The molecule has 0 amide bonds. The van der Waals surface area contributed by atoms with Crippen LogP contribution in [0.15, 0.2) is 24.3 Å². The summed E-state index contributed by atoms with van der Waals surface area (Å²) in [4.78, 5) is 2.53. The lowest BCUT2D eigenvalue weighted by atomic mass is 10.0. The fraction of sp³-hybridized carbons (Fsp3) is 0.667. The summed E-state index contributed by atoms with van der Waals surface area (Å²) in [6.45, 7) is 9.66. The molecule has 0 aromatic heterocycles. The maximum absolute atomic E-state index is 5.64. The van der Waals surface area contributed by atoms with Crippen molar-refractivity contribution in [2.45, 2.75) is 52.1 Å². The van der Waals surface area contributed by atoms with Gasteiger partial charge in [0.2, 0.25) is 0 Å². The van der Waals surface area contributed by atoms with Gasteiger partial charge in [-0.2, -0.15) is 0 Å². The highest BCUT2D eigenvalue weighted by molar-refractivity contribution is 5.27. The number of piperidine rings is 1. The van der Waals surface area contributed by atoms with Crippen LogP contribution in [0.25, 0.3) is 0 Å². The molecule has 1 unspecified atom stereocenters. The average Bonchev–Trinajstić information content (AvgIpc) is 2.54. The van der Waals surface area contributed by atoms with E-state index in [0.717, 1.165) is 38.4 Å². The molecule has 21 heavy (non-hydrogen) atoms. The number of nitrogens with zero attached hydrogens (tertiary/aromatic N) is 1. The van der Waals surface area contributed by atoms with Gasteiger partial charge >= 0.3 is 0 Å². The van der Waals surface area contributed by atoms with Crippen LogP contribution in [0.2, 0.25) is 0 Å². The molecule has 0 spiro atoms. The second-order valence-corrected chi connectivity index (χ2v) is 5.97. The van der Waals surface area contributed by atoms with Crippen molar-refractivity contribution in [3.63, 3.8) is 0 Å². The van der Waals surface area contributed by atoms with Crippen molar-refractivity contribution in [1.29, 1.82) is 0 Å². The van der Waals surface area contributed by atoms with Crippen molar-refractivity contribution in [3.8, 4) is 5.75 Å². The standard InChI is InChI=1S/C18H30N2O/c1-3-13-21-18-10-8-16(9-11-18)14-20(4-2)15-17-7-5-6-12-19-17/h8-11,17,19H,3-7,12-15H2,1-2H3. The number of hydrogen-bond donors (Lipinski definition) is 1. The Hall–Kier alpha value is -1.06. The molecular weight excluding hydrogens is 260 g/mol. The minimum absolute atomic E-state index is 0.672. The molecule has 1 aromatic rings. The van der Waals surface area contributed by atoms with Crippen molar-refractivity contribution in [3.05, 3.63) is 29.8 Å². The second-order valence-electron chi connectivity index (χ2n) is 5.97. The Morgan fingerprint density at radius 3 is 2.62 bits per heavy atom. The third-order valence-electron chi connectivity index (χ3n) is 4.14. The SMILES string of the molecule is CCCOc1ccc(CN(CC)CC2CCCCN2)cc1. The van der Waals surface area contributed by atoms with Gasteiger partial charge < -0.3 is 10.1 Å². The summed E-state index contributed by atoms with van der Waals surface area (Å²) in [7, 11) is 0. The minimum Gasteiger partial charge on any atom is -0.494 e. The van der Waals surface area contributed by atoms with Gasteiger partial charge in [-0.1, -0.05) is 32.4 Å². The first kappa shape index (κ1) is 16.3. The van der Waals surface area contributed by atoms with Crippen molar-refractivity contribution in [2.24, 2.45) is 0 Å². The molecule has 1 heterocycles. The van der Waals surface area contributed by atoms with Crippen LogP contribution < -0.4 is 10.1 Å². The highest BCUT2D eigenvalue weighted by atomic mass is 16.5. The molecule has 0 radical (unpaired) electrons. The van der Waals surface area contributed by atoms with Crippen LogP contribution in [0.5, 0.6) is 5.75 Å². The van der Waals surface area contributed by atoms with Crippen LogP contribution in [-0.2, 0) is 6.54 Å². The van der Waals surface area contributed by atoms with E-state index in [2.05, 4.69) is 48.3 Å².